The maximum atomic E-state index is 5.70. The number of hydrogen-bond acceptors (Lipinski definition) is 4. The minimum atomic E-state index is 0.599. The van der Waals surface area contributed by atoms with Crippen molar-refractivity contribution in [2.75, 3.05) is 5.73 Å². The third-order valence-corrected chi connectivity index (χ3v) is 4.43. The molecule has 1 saturated carbocycles. The molecule has 1 heterocycles. The first-order chi connectivity index (χ1) is 8.16. The van der Waals surface area contributed by atoms with Crippen molar-refractivity contribution in [2.24, 2.45) is 0 Å². The van der Waals surface area contributed by atoms with Gasteiger partial charge in [0, 0.05) is 29.7 Å². The van der Waals surface area contributed by atoms with Gasteiger partial charge in [-0.1, -0.05) is 19.3 Å². The number of hydrogen-bond donors (Lipinski definition) is 1. The van der Waals surface area contributed by atoms with E-state index >= 15 is 0 Å². The number of nitrogens with two attached hydrogens (primary N) is 1. The van der Waals surface area contributed by atoms with Gasteiger partial charge >= 0.3 is 0 Å². The van der Waals surface area contributed by atoms with Gasteiger partial charge in [-0.3, -0.25) is 4.90 Å². The average Bonchev–Trinajstić information content (AvgIpc) is 2.73. The summed E-state index contributed by atoms with van der Waals surface area (Å²) in [7, 11) is 0. The molecular formula is C13H23N3S. The molecule has 0 atom stereocenters. The van der Waals surface area contributed by atoms with Crippen molar-refractivity contribution in [3.05, 3.63) is 11.1 Å². The Morgan fingerprint density at radius 3 is 2.65 bits per heavy atom. The number of anilines is 1. The van der Waals surface area contributed by atoms with E-state index in [-0.39, 0.29) is 0 Å². The molecule has 1 fully saturated rings. The number of thiazole rings is 1. The Labute approximate surface area is 108 Å². The standard InChI is InChI=1S/C13H23N3S/c1-10(2)16(11-6-4-3-5-7-11)9-12-8-15-13(14)17-12/h8,10-11H,3-7,9H2,1-2H3,(H2,14,15). The van der Waals surface area contributed by atoms with Gasteiger partial charge in [-0.15, -0.1) is 11.3 Å². The van der Waals surface area contributed by atoms with Crippen LogP contribution in [-0.4, -0.2) is 22.0 Å². The number of nitrogens with zero attached hydrogens (tertiary/aromatic N) is 2. The van der Waals surface area contributed by atoms with Crippen molar-refractivity contribution in [1.82, 2.24) is 9.88 Å². The van der Waals surface area contributed by atoms with Crippen LogP contribution in [0.2, 0.25) is 0 Å². The van der Waals surface area contributed by atoms with E-state index in [1.54, 1.807) is 11.3 Å². The number of aromatic nitrogens is 1. The van der Waals surface area contributed by atoms with Gasteiger partial charge in [0.2, 0.25) is 0 Å². The van der Waals surface area contributed by atoms with E-state index in [1.807, 2.05) is 6.20 Å². The molecule has 0 aromatic carbocycles. The van der Waals surface area contributed by atoms with Crippen LogP contribution >= 0.6 is 11.3 Å². The van der Waals surface area contributed by atoms with Gasteiger partial charge in [0.15, 0.2) is 5.13 Å². The van der Waals surface area contributed by atoms with Crippen molar-refractivity contribution in [2.45, 2.75) is 64.6 Å². The minimum Gasteiger partial charge on any atom is -0.375 e. The Morgan fingerprint density at radius 1 is 1.41 bits per heavy atom. The zero-order valence-electron chi connectivity index (χ0n) is 10.9. The van der Waals surface area contributed by atoms with Crippen molar-refractivity contribution in [1.29, 1.82) is 0 Å². The second kappa shape index (κ2) is 5.83. The van der Waals surface area contributed by atoms with Gasteiger partial charge in [0.1, 0.15) is 0 Å². The van der Waals surface area contributed by atoms with Gasteiger partial charge in [-0.05, 0) is 26.7 Å². The lowest BCUT2D eigenvalue weighted by Crippen LogP contribution is -2.40. The first-order valence-electron chi connectivity index (χ1n) is 6.62. The number of rotatable bonds is 4. The molecule has 0 aliphatic heterocycles. The molecule has 1 aliphatic rings. The molecule has 0 bridgehead atoms. The first kappa shape index (κ1) is 12.8. The summed E-state index contributed by atoms with van der Waals surface area (Å²) in [6.45, 7) is 5.59. The summed E-state index contributed by atoms with van der Waals surface area (Å²) in [4.78, 5) is 8.05. The lowest BCUT2D eigenvalue weighted by Gasteiger charge is -2.36. The van der Waals surface area contributed by atoms with E-state index in [0.29, 0.717) is 11.2 Å². The van der Waals surface area contributed by atoms with E-state index < -0.39 is 0 Å². The molecule has 4 heteroatoms. The fourth-order valence-electron chi connectivity index (χ4n) is 2.72. The van der Waals surface area contributed by atoms with Crippen LogP contribution < -0.4 is 5.73 Å². The third-order valence-electron chi connectivity index (χ3n) is 3.62. The molecule has 0 unspecified atom stereocenters. The largest absolute Gasteiger partial charge is 0.375 e. The van der Waals surface area contributed by atoms with Crippen molar-refractivity contribution in [3.8, 4) is 0 Å². The smallest absolute Gasteiger partial charge is 0.180 e. The van der Waals surface area contributed by atoms with Crippen LogP contribution in [0.5, 0.6) is 0 Å². The summed E-state index contributed by atoms with van der Waals surface area (Å²) in [6.07, 6.45) is 8.82. The van der Waals surface area contributed by atoms with E-state index in [2.05, 4.69) is 23.7 Å². The molecule has 2 rings (SSSR count). The van der Waals surface area contributed by atoms with Crippen LogP contribution in [0.25, 0.3) is 0 Å². The second-order valence-corrected chi connectivity index (χ2v) is 6.37. The van der Waals surface area contributed by atoms with Crippen molar-refractivity contribution < 1.29 is 0 Å². The Hall–Kier alpha value is -0.610. The average molecular weight is 253 g/mol. The Bertz CT molecular complexity index is 342. The maximum Gasteiger partial charge on any atom is 0.180 e. The van der Waals surface area contributed by atoms with Crippen molar-refractivity contribution >= 4 is 16.5 Å². The zero-order chi connectivity index (χ0) is 12.3. The van der Waals surface area contributed by atoms with Crippen molar-refractivity contribution in [3.63, 3.8) is 0 Å². The normalized spacial score (nSPS) is 18.1. The SMILES string of the molecule is CC(C)N(Cc1cnc(N)s1)C1CCCCC1. The molecule has 1 aromatic rings. The van der Waals surface area contributed by atoms with Gasteiger partial charge in [0.25, 0.3) is 0 Å². The summed E-state index contributed by atoms with van der Waals surface area (Å²) in [6, 6.07) is 1.36. The molecule has 3 nitrogen and oxygen atoms in total. The molecule has 17 heavy (non-hydrogen) atoms. The highest BCUT2D eigenvalue weighted by Gasteiger charge is 2.23. The highest BCUT2D eigenvalue weighted by atomic mass is 32.1. The maximum absolute atomic E-state index is 5.70. The fraction of sp³-hybridized carbons (Fsp3) is 0.769. The van der Waals surface area contributed by atoms with Gasteiger partial charge in [0.05, 0.1) is 0 Å². The Morgan fingerprint density at radius 2 is 2.12 bits per heavy atom. The highest BCUT2D eigenvalue weighted by Crippen LogP contribution is 2.27. The molecule has 0 saturated heterocycles. The molecule has 1 aromatic heterocycles. The predicted octanol–water partition coefficient (Wildman–Crippen LogP) is 3.27. The second-order valence-electron chi connectivity index (χ2n) is 5.22. The Balaban J connectivity index is 2.01. The van der Waals surface area contributed by atoms with Gasteiger partial charge in [-0.25, -0.2) is 4.98 Å². The van der Waals surface area contributed by atoms with Crippen LogP contribution in [0, 0.1) is 0 Å². The van der Waals surface area contributed by atoms with E-state index in [0.717, 1.165) is 12.6 Å². The summed E-state index contributed by atoms with van der Waals surface area (Å²) < 4.78 is 0. The summed E-state index contributed by atoms with van der Waals surface area (Å²) >= 11 is 1.62. The Kier molecular flexibility index (Phi) is 4.40. The topological polar surface area (TPSA) is 42.2 Å². The van der Waals surface area contributed by atoms with E-state index in [4.69, 9.17) is 5.73 Å². The van der Waals surface area contributed by atoms with E-state index in [9.17, 15) is 0 Å². The molecule has 96 valence electrons. The van der Waals surface area contributed by atoms with E-state index in [1.165, 1.54) is 37.0 Å². The summed E-state index contributed by atoms with van der Waals surface area (Å²) in [5.41, 5.74) is 5.70. The van der Waals surface area contributed by atoms with Crippen LogP contribution in [0.1, 0.15) is 50.8 Å². The molecule has 0 spiro atoms. The third kappa shape index (κ3) is 3.42. The zero-order valence-corrected chi connectivity index (χ0v) is 11.7. The highest BCUT2D eigenvalue weighted by molar-refractivity contribution is 7.15. The van der Waals surface area contributed by atoms with Gasteiger partial charge < -0.3 is 5.73 Å². The van der Waals surface area contributed by atoms with Gasteiger partial charge in [-0.2, -0.15) is 0 Å². The monoisotopic (exact) mass is 253 g/mol. The van der Waals surface area contributed by atoms with Crippen LogP contribution in [0.3, 0.4) is 0 Å². The lowest BCUT2D eigenvalue weighted by atomic mass is 9.93. The first-order valence-corrected chi connectivity index (χ1v) is 7.44. The van der Waals surface area contributed by atoms with Crippen LogP contribution in [0.15, 0.2) is 6.20 Å². The van der Waals surface area contributed by atoms with Crippen LogP contribution in [0.4, 0.5) is 5.13 Å². The summed E-state index contributed by atoms with van der Waals surface area (Å²) in [5.74, 6) is 0. The fourth-order valence-corrected chi connectivity index (χ4v) is 3.41. The molecule has 0 amide bonds. The van der Waals surface area contributed by atoms with Crippen LogP contribution in [-0.2, 0) is 6.54 Å². The molecule has 1 aliphatic carbocycles. The minimum absolute atomic E-state index is 0.599. The summed E-state index contributed by atoms with van der Waals surface area (Å²) in [5, 5.41) is 0.687. The predicted molar refractivity (Wildman–Crippen MR) is 74.1 cm³/mol. The lowest BCUT2D eigenvalue weighted by molar-refractivity contribution is 0.113. The quantitative estimate of drug-likeness (QED) is 0.895. The molecule has 0 radical (unpaired) electrons. The molecule has 2 N–H and O–H groups in total. The molecular weight excluding hydrogens is 230 g/mol. The number of nitrogen functional groups attached to an aromatic ring is 1.